The Morgan fingerprint density at radius 2 is 2.29 bits per heavy atom. The summed E-state index contributed by atoms with van der Waals surface area (Å²) in [7, 11) is 0. The first kappa shape index (κ1) is 9.72. The van der Waals surface area contributed by atoms with Gasteiger partial charge in [0.15, 0.2) is 0 Å². The molecule has 2 rings (SSSR count). The molecular weight excluding hydrogens is 318 g/mol. The summed E-state index contributed by atoms with van der Waals surface area (Å²) >= 11 is 7.89. The minimum atomic E-state index is -1.11. The quantitative estimate of drug-likeness (QED) is 0.759. The number of fused-ring (bicyclic) bond motifs is 1. The molecule has 0 bridgehead atoms. The fraction of sp³-hybridized carbons (Fsp3) is 0. The molecule has 0 atom stereocenters. The number of carbonyl (C=O) groups is 1. The number of halogens is 2. The van der Waals surface area contributed by atoms with Crippen molar-refractivity contribution in [1.29, 1.82) is 0 Å². The van der Waals surface area contributed by atoms with Crippen molar-refractivity contribution in [2.45, 2.75) is 0 Å². The third-order valence-electron chi connectivity index (χ3n) is 1.80. The highest BCUT2D eigenvalue weighted by Gasteiger charge is 2.14. The van der Waals surface area contributed by atoms with Crippen LogP contribution in [-0.4, -0.2) is 21.0 Å². The van der Waals surface area contributed by atoms with Gasteiger partial charge >= 0.3 is 6.09 Å². The van der Waals surface area contributed by atoms with Crippen LogP contribution in [0.2, 0.25) is 5.02 Å². The first-order valence-corrected chi connectivity index (χ1v) is 5.13. The van der Waals surface area contributed by atoms with Gasteiger partial charge in [0.1, 0.15) is 3.70 Å². The van der Waals surface area contributed by atoms with E-state index in [2.05, 4.69) is 5.10 Å². The molecule has 0 saturated heterocycles. The molecule has 14 heavy (non-hydrogen) atoms. The van der Waals surface area contributed by atoms with Crippen LogP contribution in [0.1, 0.15) is 0 Å². The molecule has 72 valence electrons. The fourth-order valence-corrected chi connectivity index (χ4v) is 2.43. The van der Waals surface area contributed by atoms with E-state index in [0.717, 1.165) is 4.68 Å². The molecular formula is C8H4ClIN2O2. The molecule has 2 aromatic rings. The van der Waals surface area contributed by atoms with E-state index in [-0.39, 0.29) is 0 Å². The van der Waals surface area contributed by atoms with E-state index in [4.69, 9.17) is 16.7 Å². The zero-order chi connectivity index (χ0) is 10.3. The second-order valence-electron chi connectivity index (χ2n) is 2.62. The highest BCUT2D eigenvalue weighted by molar-refractivity contribution is 14.1. The smallest absolute Gasteiger partial charge is 0.432 e. The maximum Gasteiger partial charge on any atom is 0.432 e. The van der Waals surface area contributed by atoms with Gasteiger partial charge in [0, 0.05) is 0 Å². The number of hydrogen-bond acceptors (Lipinski definition) is 2. The van der Waals surface area contributed by atoms with Crippen molar-refractivity contribution in [2.24, 2.45) is 0 Å². The number of nitrogens with zero attached hydrogens (tertiary/aromatic N) is 2. The van der Waals surface area contributed by atoms with E-state index in [0.29, 0.717) is 19.6 Å². The topological polar surface area (TPSA) is 55.1 Å². The van der Waals surface area contributed by atoms with Crippen molar-refractivity contribution in [3.63, 3.8) is 0 Å². The number of carboxylic acid groups (broad SMARTS) is 1. The Morgan fingerprint density at radius 1 is 1.57 bits per heavy atom. The van der Waals surface area contributed by atoms with Gasteiger partial charge in [-0.3, -0.25) is 0 Å². The third kappa shape index (κ3) is 1.36. The predicted molar refractivity (Wildman–Crippen MR) is 60.9 cm³/mol. The second-order valence-corrected chi connectivity index (χ2v) is 4.05. The highest BCUT2D eigenvalue weighted by atomic mass is 127. The summed E-state index contributed by atoms with van der Waals surface area (Å²) in [6, 6.07) is 5.08. The molecule has 0 radical (unpaired) electrons. The molecule has 0 aliphatic carbocycles. The van der Waals surface area contributed by atoms with E-state index < -0.39 is 6.09 Å². The molecule has 0 amide bonds. The molecule has 0 aliphatic heterocycles. The van der Waals surface area contributed by atoms with E-state index >= 15 is 0 Å². The summed E-state index contributed by atoms with van der Waals surface area (Å²) in [4.78, 5) is 10.8. The van der Waals surface area contributed by atoms with Crippen molar-refractivity contribution >= 4 is 51.2 Å². The molecule has 1 aromatic carbocycles. The van der Waals surface area contributed by atoms with Gasteiger partial charge in [0.05, 0.1) is 15.9 Å². The standard InChI is InChI=1S/C8H4ClIN2O2/c9-4-2-1-3-5-6(4)7(10)11-12(5)8(13)14/h1-3H,(H,13,14). The number of benzene rings is 1. The summed E-state index contributed by atoms with van der Waals surface area (Å²) in [5.74, 6) is 0. The summed E-state index contributed by atoms with van der Waals surface area (Å²) in [5, 5.41) is 13.9. The third-order valence-corrected chi connectivity index (χ3v) is 2.87. The van der Waals surface area contributed by atoms with Crippen LogP contribution in [0.4, 0.5) is 4.79 Å². The Balaban J connectivity index is 2.91. The lowest BCUT2D eigenvalue weighted by molar-refractivity contribution is 0.194. The van der Waals surface area contributed by atoms with E-state index in [1.54, 1.807) is 18.2 Å². The number of hydrogen-bond donors (Lipinski definition) is 1. The van der Waals surface area contributed by atoms with Crippen molar-refractivity contribution in [1.82, 2.24) is 9.78 Å². The minimum absolute atomic E-state index is 0.509. The number of rotatable bonds is 0. The summed E-state index contributed by atoms with van der Waals surface area (Å²) in [6.45, 7) is 0. The fourth-order valence-electron chi connectivity index (χ4n) is 1.23. The van der Waals surface area contributed by atoms with Gasteiger partial charge in [0.25, 0.3) is 0 Å². The largest absolute Gasteiger partial charge is 0.463 e. The van der Waals surface area contributed by atoms with Gasteiger partial charge in [-0.25, -0.2) is 4.79 Å². The zero-order valence-electron chi connectivity index (χ0n) is 6.74. The van der Waals surface area contributed by atoms with Crippen LogP contribution in [-0.2, 0) is 0 Å². The normalized spacial score (nSPS) is 10.7. The van der Waals surface area contributed by atoms with Crippen molar-refractivity contribution in [3.05, 3.63) is 26.9 Å². The van der Waals surface area contributed by atoms with Crippen LogP contribution >= 0.6 is 34.2 Å². The Morgan fingerprint density at radius 3 is 2.93 bits per heavy atom. The van der Waals surface area contributed by atoms with Crippen molar-refractivity contribution < 1.29 is 9.90 Å². The Labute approximate surface area is 97.6 Å². The van der Waals surface area contributed by atoms with Gasteiger partial charge in [0.2, 0.25) is 0 Å². The summed E-state index contributed by atoms with van der Waals surface area (Å²) in [5.41, 5.74) is 0.509. The van der Waals surface area contributed by atoms with Gasteiger partial charge in [-0.1, -0.05) is 17.7 Å². The molecule has 1 heterocycles. The molecule has 1 aromatic heterocycles. The van der Waals surface area contributed by atoms with Crippen molar-refractivity contribution in [3.8, 4) is 0 Å². The lowest BCUT2D eigenvalue weighted by atomic mass is 10.2. The lowest BCUT2D eigenvalue weighted by Crippen LogP contribution is -2.09. The van der Waals surface area contributed by atoms with E-state index in [1.165, 1.54) is 0 Å². The summed E-state index contributed by atoms with van der Waals surface area (Å²) < 4.78 is 1.51. The van der Waals surface area contributed by atoms with E-state index in [9.17, 15) is 4.79 Å². The van der Waals surface area contributed by atoms with Crippen LogP contribution in [0.5, 0.6) is 0 Å². The molecule has 1 N–H and O–H groups in total. The Kier molecular flexibility index (Phi) is 2.36. The summed E-state index contributed by atoms with van der Waals surface area (Å²) in [6.07, 6.45) is -1.11. The average molecular weight is 322 g/mol. The average Bonchev–Trinajstić information content (AvgIpc) is 2.45. The predicted octanol–water partition coefficient (Wildman–Crippen LogP) is 2.82. The molecule has 0 aliphatic rings. The molecule has 0 saturated carbocycles. The minimum Gasteiger partial charge on any atom is -0.463 e. The van der Waals surface area contributed by atoms with Crippen LogP contribution in [0.15, 0.2) is 18.2 Å². The Bertz CT molecular complexity index is 523. The van der Waals surface area contributed by atoms with Crippen LogP contribution in [0, 0.1) is 3.70 Å². The molecule has 0 fully saturated rings. The van der Waals surface area contributed by atoms with Crippen molar-refractivity contribution in [2.75, 3.05) is 0 Å². The monoisotopic (exact) mass is 322 g/mol. The SMILES string of the molecule is O=C(O)n1nc(I)c2c(Cl)cccc21. The molecule has 6 heteroatoms. The maximum absolute atomic E-state index is 10.8. The molecule has 0 unspecified atom stereocenters. The van der Waals surface area contributed by atoms with Crippen LogP contribution in [0.3, 0.4) is 0 Å². The van der Waals surface area contributed by atoms with Crippen LogP contribution < -0.4 is 0 Å². The van der Waals surface area contributed by atoms with Gasteiger partial charge in [-0.05, 0) is 34.7 Å². The molecule has 4 nitrogen and oxygen atoms in total. The Hall–Kier alpha value is -0.820. The van der Waals surface area contributed by atoms with Gasteiger partial charge < -0.3 is 5.11 Å². The van der Waals surface area contributed by atoms with Gasteiger partial charge in [-0.15, -0.1) is 0 Å². The van der Waals surface area contributed by atoms with E-state index in [1.807, 2.05) is 22.6 Å². The maximum atomic E-state index is 10.8. The first-order chi connectivity index (χ1) is 6.61. The first-order valence-electron chi connectivity index (χ1n) is 3.67. The van der Waals surface area contributed by atoms with Crippen LogP contribution in [0.25, 0.3) is 10.9 Å². The molecule has 0 spiro atoms. The number of aromatic nitrogens is 2. The second kappa shape index (κ2) is 3.39. The zero-order valence-corrected chi connectivity index (χ0v) is 9.65. The van der Waals surface area contributed by atoms with Gasteiger partial charge in [-0.2, -0.15) is 9.78 Å². The lowest BCUT2D eigenvalue weighted by Gasteiger charge is -1.95. The highest BCUT2D eigenvalue weighted by Crippen LogP contribution is 2.27.